The smallest absolute Gasteiger partial charge is 0.240 e. The van der Waals surface area contributed by atoms with Gasteiger partial charge in [0.15, 0.2) is 5.58 Å². The van der Waals surface area contributed by atoms with Gasteiger partial charge in [-0.25, -0.2) is 4.99 Å². The number of hydrogen-bond acceptors (Lipinski definition) is 2. The normalized spacial score (nSPS) is 14.7. The first-order valence-corrected chi connectivity index (χ1v) is 8.77. The Morgan fingerprint density at radius 1 is 0.864 bits per heavy atom. The first-order valence-electron chi connectivity index (χ1n) is 7.11. The van der Waals surface area contributed by atoms with Crippen molar-refractivity contribution in [3.05, 3.63) is 60.7 Å². The lowest BCUT2D eigenvalue weighted by Gasteiger charge is -2.30. The van der Waals surface area contributed by atoms with E-state index in [0.29, 0.717) is 5.58 Å². The van der Waals surface area contributed by atoms with E-state index < -0.39 is 7.29 Å². The zero-order valence-electron chi connectivity index (χ0n) is 13.5. The summed E-state index contributed by atoms with van der Waals surface area (Å²) in [4.78, 5) is 6.50. The standard InChI is InChI=1S/C17H22N3OP/c1-19(2)17(18-15-11-7-5-8-12-15)22(21,20(3)4)16-13-9-6-10-14-16/h5-14H,1-4H3/t22-/m0/s1. The van der Waals surface area contributed by atoms with Crippen LogP contribution >= 0.6 is 7.29 Å². The van der Waals surface area contributed by atoms with Crippen LogP contribution in [0.2, 0.25) is 0 Å². The molecule has 0 spiro atoms. The van der Waals surface area contributed by atoms with E-state index in [1.54, 1.807) is 4.67 Å². The summed E-state index contributed by atoms with van der Waals surface area (Å²) in [7, 11) is 4.45. The highest BCUT2D eigenvalue weighted by atomic mass is 31.2. The van der Waals surface area contributed by atoms with Crippen molar-refractivity contribution in [3.8, 4) is 0 Å². The molecule has 4 nitrogen and oxygen atoms in total. The highest BCUT2D eigenvalue weighted by Crippen LogP contribution is 2.49. The van der Waals surface area contributed by atoms with Crippen LogP contribution in [0.3, 0.4) is 0 Å². The molecule has 0 heterocycles. The van der Waals surface area contributed by atoms with Crippen LogP contribution in [0.5, 0.6) is 0 Å². The van der Waals surface area contributed by atoms with Crippen molar-refractivity contribution in [2.75, 3.05) is 28.2 Å². The molecule has 0 aromatic heterocycles. The maximum absolute atomic E-state index is 13.8. The molecule has 116 valence electrons. The van der Waals surface area contributed by atoms with Crippen molar-refractivity contribution in [1.29, 1.82) is 0 Å². The Labute approximate surface area is 132 Å². The number of aliphatic imine (C=N–C) groups is 1. The number of nitrogens with zero attached hydrogens (tertiary/aromatic N) is 3. The summed E-state index contributed by atoms with van der Waals surface area (Å²) in [5.41, 5.74) is 1.36. The molecule has 1 atom stereocenters. The molecule has 0 amide bonds. The van der Waals surface area contributed by atoms with Gasteiger partial charge in [-0.15, -0.1) is 0 Å². The van der Waals surface area contributed by atoms with Crippen LogP contribution in [-0.4, -0.2) is 43.3 Å². The van der Waals surface area contributed by atoms with E-state index in [9.17, 15) is 4.57 Å². The Hall–Kier alpha value is -1.90. The molecule has 0 aliphatic rings. The molecular weight excluding hydrogens is 293 g/mol. The Kier molecular flexibility index (Phi) is 5.17. The predicted octanol–water partition coefficient (Wildman–Crippen LogP) is 3.40. The van der Waals surface area contributed by atoms with Gasteiger partial charge in [-0.1, -0.05) is 36.4 Å². The molecule has 0 radical (unpaired) electrons. The first kappa shape index (κ1) is 16.5. The second-order valence-electron chi connectivity index (χ2n) is 5.40. The monoisotopic (exact) mass is 315 g/mol. The first-order chi connectivity index (χ1) is 10.5. The number of benzene rings is 2. The third-order valence-electron chi connectivity index (χ3n) is 3.33. The van der Waals surface area contributed by atoms with Crippen molar-refractivity contribution in [2.24, 2.45) is 4.99 Å². The molecule has 0 saturated heterocycles. The van der Waals surface area contributed by atoms with E-state index in [-0.39, 0.29) is 0 Å². The van der Waals surface area contributed by atoms with Crippen LogP contribution in [0, 0.1) is 0 Å². The fourth-order valence-electron chi connectivity index (χ4n) is 2.21. The minimum absolute atomic E-state index is 0.565. The van der Waals surface area contributed by atoms with Crippen LogP contribution in [0.25, 0.3) is 0 Å². The van der Waals surface area contributed by atoms with Crippen LogP contribution in [0.15, 0.2) is 65.7 Å². The minimum Gasteiger partial charge on any atom is -0.359 e. The highest BCUT2D eigenvalue weighted by Gasteiger charge is 2.35. The summed E-state index contributed by atoms with van der Waals surface area (Å²) in [6, 6.07) is 19.1. The van der Waals surface area contributed by atoms with Gasteiger partial charge in [-0.05, 0) is 38.4 Å². The van der Waals surface area contributed by atoms with Crippen molar-refractivity contribution in [2.45, 2.75) is 0 Å². The van der Waals surface area contributed by atoms with Crippen molar-refractivity contribution < 1.29 is 4.57 Å². The van der Waals surface area contributed by atoms with Gasteiger partial charge >= 0.3 is 0 Å². The lowest BCUT2D eigenvalue weighted by atomic mass is 10.3. The summed E-state index contributed by atoms with van der Waals surface area (Å²) < 4.78 is 15.6. The molecule has 0 aliphatic heterocycles. The van der Waals surface area contributed by atoms with E-state index in [2.05, 4.69) is 4.99 Å². The highest BCUT2D eigenvalue weighted by molar-refractivity contribution is 7.85. The zero-order chi connectivity index (χ0) is 16.2. The molecule has 0 unspecified atom stereocenters. The summed E-state index contributed by atoms with van der Waals surface area (Å²) in [6.45, 7) is 0. The second kappa shape index (κ2) is 6.91. The van der Waals surface area contributed by atoms with Gasteiger partial charge in [0.1, 0.15) is 0 Å². The Morgan fingerprint density at radius 3 is 1.82 bits per heavy atom. The average molecular weight is 315 g/mol. The fourth-order valence-corrected chi connectivity index (χ4v) is 4.63. The van der Waals surface area contributed by atoms with Crippen molar-refractivity contribution >= 4 is 23.9 Å². The third-order valence-corrected chi connectivity index (χ3v) is 6.49. The number of hydrogen-bond donors (Lipinski definition) is 0. The van der Waals surface area contributed by atoms with E-state index >= 15 is 0 Å². The van der Waals surface area contributed by atoms with Gasteiger partial charge in [0.25, 0.3) is 0 Å². The number of rotatable bonds is 4. The topological polar surface area (TPSA) is 35.9 Å². The Balaban J connectivity index is 2.62. The van der Waals surface area contributed by atoms with Gasteiger partial charge in [-0.3, -0.25) is 9.24 Å². The lowest BCUT2D eigenvalue weighted by Crippen LogP contribution is -2.32. The predicted molar refractivity (Wildman–Crippen MR) is 94.6 cm³/mol. The van der Waals surface area contributed by atoms with Crippen LogP contribution in [-0.2, 0) is 4.57 Å². The Bertz CT molecular complexity index is 682. The number of amidine groups is 1. The molecule has 2 aromatic rings. The maximum atomic E-state index is 13.8. The third kappa shape index (κ3) is 3.29. The van der Waals surface area contributed by atoms with Gasteiger partial charge in [0, 0.05) is 19.4 Å². The average Bonchev–Trinajstić information content (AvgIpc) is 2.53. The molecule has 5 heteroatoms. The minimum atomic E-state index is -2.97. The van der Waals surface area contributed by atoms with Gasteiger partial charge in [-0.2, -0.15) is 0 Å². The van der Waals surface area contributed by atoms with Crippen LogP contribution in [0.1, 0.15) is 0 Å². The Morgan fingerprint density at radius 2 is 1.36 bits per heavy atom. The molecule has 0 aliphatic carbocycles. The van der Waals surface area contributed by atoms with Gasteiger partial charge < -0.3 is 4.90 Å². The van der Waals surface area contributed by atoms with Crippen molar-refractivity contribution in [3.63, 3.8) is 0 Å². The van der Waals surface area contributed by atoms with Crippen molar-refractivity contribution in [1.82, 2.24) is 9.57 Å². The summed E-state index contributed by atoms with van der Waals surface area (Å²) in [5.74, 6) is 0. The molecule has 2 rings (SSSR count). The van der Waals surface area contributed by atoms with Crippen LogP contribution in [0.4, 0.5) is 5.69 Å². The van der Waals surface area contributed by atoms with E-state index in [1.165, 1.54) is 0 Å². The summed E-state index contributed by atoms with van der Waals surface area (Å²) in [6.07, 6.45) is 0. The SMILES string of the molecule is CN(C)C(=Nc1ccccc1)[P@@](=O)(c1ccccc1)N(C)C. The summed E-state index contributed by atoms with van der Waals surface area (Å²) >= 11 is 0. The molecule has 0 fully saturated rings. The molecule has 2 aromatic carbocycles. The fraction of sp³-hybridized carbons (Fsp3) is 0.235. The quantitative estimate of drug-likeness (QED) is 0.493. The second-order valence-corrected chi connectivity index (χ2v) is 8.27. The van der Waals surface area contributed by atoms with E-state index in [0.717, 1.165) is 11.0 Å². The largest absolute Gasteiger partial charge is 0.359 e. The van der Waals surface area contributed by atoms with Crippen LogP contribution < -0.4 is 5.30 Å². The molecule has 0 bridgehead atoms. The zero-order valence-corrected chi connectivity index (χ0v) is 14.4. The molecule has 22 heavy (non-hydrogen) atoms. The van der Waals surface area contributed by atoms with E-state index in [1.807, 2.05) is 93.8 Å². The molecule has 0 saturated carbocycles. The lowest BCUT2D eigenvalue weighted by molar-refractivity contribution is 0.525. The van der Waals surface area contributed by atoms with Gasteiger partial charge in [0.05, 0.1) is 5.69 Å². The van der Waals surface area contributed by atoms with E-state index in [4.69, 9.17) is 0 Å². The van der Waals surface area contributed by atoms with Gasteiger partial charge in [0.2, 0.25) is 7.29 Å². The number of para-hydroxylation sites is 1. The molecular formula is C17H22N3OP. The maximum Gasteiger partial charge on any atom is 0.240 e. The molecule has 0 N–H and O–H groups in total. The summed E-state index contributed by atoms with van der Waals surface area (Å²) in [5, 5.41) is 0.781.